The fraction of sp³-hybridized carbons (Fsp3) is 0.182. The van der Waals surface area contributed by atoms with Gasteiger partial charge in [0.25, 0.3) is 11.5 Å². The maximum Gasteiger partial charge on any atom is 0.266 e. The summed E-state index contributed by atoms with van der Waals surface area (Å²) < 4.78 is 6.71. The van der Waals surface area contributed by atoms with E-state index in [1.165, 1.54) is 10.7 Å². The maximum absolute atomic E-state index is 12.0. The maximum atomic E-state index is 12.0. The molecule has 0 saturated heterocycles. The second-order valence-corrected chi connectivity index (χ2v) is 6.42. The number of benzene rings is 2. The van der Waals surface area contributed by atoms with Crippen LogP contribution in [0.25, 0.3) is 11.3 Å². The van der Waals surface area contributed by atoms with Crippen molar-refractivity contribution in [1.82, 2.24) is 15.1 Å². The van der Waals surface area contributed by atoms with E-state index in [9.17, 15) is 9.59 Å². The highest BCUT2D eigenvalue weighted by Gasteiger charge is 2.06. The Labute approximate surface area is 168 Å². The van der Waals surface area contributed by atoms with E-state index in [-0.39, 0.29) is 31.2 Å². The van der Waals surface area contributed by atoms with Crippen molar-refractivity contribution in [3.8, 4) is 23.1 Å². The van der Waals surface area contributed by atoms with Crippen molar-refractivity contribution in [3.05, 3.63) is 82.1 Å². The fourth-order valence-corrected chi connectivity index (χ4v) is 2.61. The summed E-state index contributed by atoms with van der Waals surface area (Å²) in [5, 5.41) is 15.8. The number of carbonyl (C=O) groups excluding carboxylic acids is 1. The summed E-state index contributed by atoms with van der Waals surface area (Å²) in [6.07, 6.45) is 0. The first-order valence-electron chi connectivity index (χ1n) is 9.10. The van der Waals surface area contributed by atoms with Crippen LogP contribution in [-0.2, 0) is 11.3 Å². The molecule has 7 nitrogen and oxygen atoms in total. The molecule has 2 aromatic carbocycles. The van der Waals surface area contributed by atoms with E-state index in [1.807, 2.05) is 37.3 Å². The van der Waals surface area contributed by atoms with Gasteiger partial charge in [0.15, 0.2) is 6.61 Å². The van der Waals surface area contributed by atoms with E-state index in [1.54, 1.807) is 30.3 Å². The number of hydrogen-bond donors (Lipinski definition) is 1. The number of aromatic nitrogens is 2. The van der Waals surface area contributed by atoms with Crippen LogP contribution in [0.2, 0.25) is 0 Å². The molecule has 0 saturated carbocycles. The summed E-state index contributed by atoms with van der Waals surface area (Å²) in [6, 6.07) is 19.5. The lowest BCUT2D eigenvalue weighted by molar-refractivity contribution is -0.123. The van der Waals surface area contributed by atoms with Crippen molar-refractivity contribution < 1.29 is 9.53 Å². The summed E-state index contributed by atoms with van der Waals surface area (Å²) in [6.45, 7) is 2.35. The molecule has 29 heavy (non-hydrogen) atoms. The molecule has 7 heteroatoms. The van der Waals surface area contributed by atoms with Crippen LogP contribution in [0.3, 0.4) is 0 Å². The quantitative estimate of drug-likeness (QED) is 0.670. The molecule has 1 amide bonds. The molecule has 0 atom stereocenters. The summed E-state index contributed by atoms with van der Waals surface area (Å²) in [7, 11) is 0. The van der Waals surface area contributed by atoms with E-state index in [2.05, 4.69) is 10.4 Å². The number of nitrogens with one attached hydrogen (secondary N) is 1. The summed E-state index contributed by atoms with van der Waals surface area (Å²) >= 11 is 0. The zero-order chi connectivity index (χ0) is 20.6. The lowest BCUT2D eigenvalue weighted by atomic mass is 10.1. The molecule has 1 N–H and O–H groups in total. The van der Waals surface area contributed by atoms with Crippen LogP contribution >= 0.6 is 0 Å². The standard InChI is InChI=1S/C22H20N4O3/c1-16-2-6-18(7-3-16)20-10-11-22(28)26(25-20)13-12-24-21(27)15-29-19-8-4-17(14-23)5-9-19/h2-11H,12-13,15H2,1H3,(H,24,27). The number of hydrogen-bond acceptors (Lipinski definition) is 5. The molecule has 0 aliphatic heterocycles. The van der Waals surface area contributed by atoms with E-state index in [4.69, 9.17) is 10.00 Å². The minimum absolute atomic E-state index is 0.155. The van der Waals surface area contributed by atoms with Crippen molar-refractivity contribution >= 4 is 5.91 Å². The van der Waals surface area contributed by atoms with Crippen LogP contribution in [0.4, 0.5) is 0 Å². The average molecular weight is 388 g/mol. The Bertz CT molecular complexity index is 1080. The molecular weight excluding hydrogens is 368 g/mol. The number of amides is 1. The van der Waals surface area contributed by atoms with Gasteiger partial charge < -0.3 is 10.1 Å². The van der Waals surface area contributed by atoms with E-state index in [0.717, 1.165) is 11.1 Å². The molecule has 0 bridgehead atoms. The zero-order valence-corrected chi connectivity index (χ0v) is 16.0. The Kier molecular flexibility index (Phi) is 6.38. The van der Waals surface area contributed by atoms with Crippen LogP contribution in [0.1, 0.15) is 11.1 Å². The van der Waals surface area contributed by atoms with E-state index in [0.29, 0.717) is 17.0 Å². The van der Waals surface area contributed by atoms with Gasteiger partial charge in [0.1, 0.15) is 5.75 Å². The van der Waals surface area contributed by atoms with Gasteiger partial charge in [0, 0.05) is 18.2 Å². The molecule has 1 heterocycles. The topological polar surface area (TPSA) is 97.0 Å². The molecule has 3 rings (SSSR count). The molecule has 0 radical (unpaired) electrons. The third-order valence-corrected chi connectivity index (χ3v) is 4.21. The van der Waals surface area contributed by atoms with Crippen LogP contribution in [-0.4, -0.2) is 28.8 Å². The molecule has 0 spiro atoms. The number of nitrogens with zero attached hydrogens (tertiary/aromatic N) is 3. The predicted octanol–water partition coefficient (Wildman–Crippen LogP) is 2.29. The lowest BCUT2D eigenvalue weighted by Gasteiger charge is -2.09. The van der Waals surface area contributed by atoms with Gasteiger partial charge >= 0.3 is 0 Å². The van der Waals surface area contributed by atoms with Crippen molar-refractivity contribution in [1.29, 1.82) is 5.26 Å². The number of carbonyl (C=O) groups is 1. The second-order valence-electron chi connectivity index (χ2n) is 6.42. The van der Waals surface area contributed by atoms with Gasteiger partial charge in [-0.2, -0.15) is 10.4 Å². The first-order valence-corrected chi connectivity index (χ1v) is 9.10. The molecule has 0 fully saturated rings. The van der Waals surface area contributed by atoms with Gasteiger partial charge in [-0.05, 0) is 37.3 Å². The Hall–Kier alpha value is -3.92. The van der Waals surface area contributed by atoms with Crippen LogP contribution in [0.5, 0.6) is 5.75 Å². The first-order chi connectivity index (χ1) is 14.0. The van der Waals surface area contributed by atoms with Crippen molar-refractivity contribution in [2.75, 3.05) is 13.2 Å². The van der Waals surface area contributed by atoms with Crippen LogP contribution in [0.15, 0.2) is 65.5 Å². The SMILES string of the molecule is Cc1ccc(-c2ccc(=O)n(CCNC(=O)COc3ccc(C#N)cc3)n2)cc1. The summed E-state index contributed by atoms with van der Waals surface area (Å²) in [5.41, 5.74) is 3.05. The highest BCUT2D eigenvalue weighted by molar-refractivity contribution is 5.77. The van der Waals surface area contributed by atoms with Gasteiger partial charge in [-0.3, -0.25) is 9.59 Å². The third-order valence-electron chi connectivity index (χ3n) is 4.21. The molecule has 146 valence electrons. The fourth-order valence-electron chi connectivity index (χ4n) is 2.61. The second kappa shape index (κ2) is 9.33. The van der Waals surface area contributed by atoms with Gasteiger partial charge in [0.2, 0.25) is 0 Å². The van der Waals surface area contributed by atoms with Gasteiger partial charge in [0.05, 0.1) is 23.9 Å². The lowest BCUT2D eigenvalue weighted by Crippen LogP contribution is -2.34. The molecular formula is C22H20N4O3. The number of ether oxygens (including phenoxy) is 1. The normalized spacial score (nSPS) is 10.2. The van der Waals surface area contributed by atoms with E-state index < -0.39 is 0 Å². The zero-order valence-electron chi connectivity index (χ0n) is 16.0. The van der Waals surface area contributed by atoms with Gasteiger partial charge in [-0.15, -0.1) is 0 Å². The highest BCUT2D eigenvalue weighted by Crippen LogP contribution is 2.15. The average Bonchev–Trinajstić information content (AvgIpc) is 2.74. The largest absolute Gasteiger partial charge is 0.484 e. The first kappa shape index (κ1) is 19.8. The van der Waals surface area contributed by atoms with Crippen molar-refractivity contribution in [3.63, 3.8) is 0 Å². The molecule has 1 aromatic heterocycles. The Morgan fingerprint density at radius 3 is 2.52 bits per heavy atom. The number of nitriles is 1. The Morgan fingerprint density at radius 1 is 1.10 bits per heavy atom. The monoisotopic (exact) mass is 388 g/mol. The minimum atomic E-state index is -0.308. The van der Waals surface area contributed by atoms with Crippen LogP contribution < -0.4 is 15.6 Å². The van der Waals surface area contributed by atoms with Crippen molar-refractivity contribution in [2.45, 2.75) is 13.5 Å². The predicted molar refractivity (Wildman–Crippen MR) is 108 cm³/mol. The minimum Gasteiger partial charge on any atom is -0.484 e. The Balaban J connectivity index is 1.52. The van der Waals surface area contributed by atoms with Gasteiger partial charge in [-0.25, -0.2) is 4.68 Å². The molecule has 0 aliphatic rings. The van der Waals surface area contributed by atoms with Gasteiger partial charge in [-0.1, -0.05) is 29.8 Å². The number of aryl methyl sites for hydroxylation is 1. The summed E-state index contributed by atoms with van der Waals surface area (Å²) in [4.78, 5) is 24.0. The highest BCUT2D eigenvalue weighted by atomic mass is 16.5. The number of rotatable bonds is 7. The molecule has 0 unspecified atom stereocenters. The Morgan fingerprint density at radius 2 is 1.83 bits per heavy atom. The van der Waals surface area contributed by atoms with E-state index >= 15 is 0 Å². The molecule has 3 aromatic rings. The van der Waals surface area contributed by atoms with Crippen molar-refractivity contribution in [2.24, 2.45) is 0 Å². The third kappa shape index (κ3) is 5.53. The van der Waals surface area contributed by atoms with Crippen LogP contribution in [0, 0.1) is 18.3 Å². The molecule has 0 aliphatic carbocycles. The smallest absolute Gasteiger partial charge is 0.266 e. The summed E-state index contributed by atoms with van der Waals surface area (Å²) in [5.74, 6) is 0.194.